The molecule has 1 aliphatic rings. The van der Waals surface area contributed by atoms with E-state index in [-0.39, 0.29) is 16.7 Å². The summed E-state index contributed by atoms with van der Waals surface area (Å²) in [6.45, 7) is 2.02. The van der Waals surface area contributed by atoms with E-state index in [0.29, 0.717) is 18.2 Å². The maximum Gasteiger partial charge on any atom is 0.224 e. The largest absolute Gasteiger partial charge is 0.439 e. The minimum absolute atomic E-state index is 0.0266. The van der Waals surface area contributed by atoms with Crippen LogP contribution < -0.4 is 15.4 Å². The highest BCUT2D eigenvalue weighted by atomic mass is 32.2. The zero-order chi connectivity index (χ0) is 19.3. The van der Waals surface area contributed by atoms with Crippen LogP contribution >= 0.6 is 0 Å². The molecule has 2 N–H and O–H groups in total. The molecule has 1 fully saturated rings. The van der Waals surface area contributed by atoms with Crippen molar-refractivity contribution in [2.75, 3.05) is 19.3 Å². The molecule has 0 atom stereocenters. The van der Waals surface area contributed by atoms with E-state index in [1.807, 2.05) is 6.07 Å². The zero-order valence-corrected chi connectivity index (χ0v) is 16.0. The summed E-state index contributed by atoms with van der Waals surface area (Å²) < 4.78 is 29.2. The molecule has 144 valence electrons. The normalized spacial score (nSPS) is 15.3. The van der Waals surface area contributed by atoms with Crippen LogP contribution in [0.1, 0.15) is 18.4 Å². The molecule has 2 aromatic rings. The summed E-state index contributed by atoms with van der Waals surface area (Å²) in [5, 5.41) is 6.19. The first-order chi connectivity index (χ1) is 12.9. The minimum atomic E-state index is -3.32. The zero-order valence-electron chi connectivity index (χ0n) is 15.1. The fourth-order valence-electron chi connectivity index (χ4n) is 2.94. The summed E-state index contributed by atoms with van der Waals surface area (Å²) in [7, 11) is -3.32. The minimum Gasteiger partial charge on any atom is -0.439 e. The van der Waals surface area contributed by atoms with Crippen molar-refractivity contribution in [1.82, 2.24) is 15.6 Å². The highest BCUT2D eigenvalue weighted by Gasteiger charge is 2.21. The van der Waals surface area contributed by atoms with E-state index in [4.69, 9.17) is 4.74 Å². The molecule has 1 aliphatic heterocycles. The fraction of sp³-hybridized carbons (Fsp3) is 0.368. The topological polar surface area (TPSA) is 97.4 Å². The van der Waals surface area contributed by atoms with Crippen LogP contribution in [0, 0.1) is 5.92 Å². The Balaban J connectivity index is 1.70. The number of nitrogens with one attached hydrogen (secondary N) is 2. The molecule has 7 nitrogen and oxygen atoms in total. The Morgan fingerprint density at radius 3 is 2.78 bits per heavy atom. The second-order valence-corrected chi connectivity index (χ2v) is 8.57. The Hall–Kier alpha value is -2.45. The Morgan fingerprint density at radius 2 is 2.04 bits per heavy atom. The SMILES string of the molecule is CS(=O)(=O)c1cccc(Oc2ncccc2CNC(=O)C2CCNCC2)c1. The predicted octanol–water partition coefficient (Wildman–Crippen LogP) is 1.89. The molecule has 1 aromatic heterocycles. The van der Waals surface area contributed by atoms with Gasteiger partial charge < -0.3 is 15.4 Å². The molecule has 0 unspecified atom stereocenters. The van der Waals surface area contributed by atoms with Gasteiger partial charge >= 0.3 is 0 Å². The van der Waals surface area contributed by atoms with Crippen molar-refractivity contribution in [2.24, 2.45) is 5.92 Å². The van der Waals surface area contributed by atoms with Crippen molar-refractivity contribution in [3.8, 4) is 11.6 Å². The van der Waals surface area contributed by atoms with Gasteiger partial charge in [0.1, 0.15) is 5.75 Å². The molecule has 1 saturated heterocycles. The number of carbonyl (C=O) groups is 1. The van der Waals surface area contributed by atoms with Gasteiger partial charge in [-0.2, -0.15) is 0 Å². The van der Waals surface area contributed by atoms with Crippen molar-refractivity contribution in [2.45, 2.75) is 24.3 Å². The monoisotopic (exact) mass is 389 g/mol. The quantitative estimate of drug-likeness (QED) is 0.783. The number of benzene rings is 1. The Bertz CT molecular complexity index is 909. The van der Waals surface area contributed by atoms with Gasteiger partial charge in [-0.15, -0.1) is 0 Å². The molecule has 0 bridgehead atoms. The summed E-state index contributed by atoms with van der Waals surface area (Å²) in [5.41, 5.74) is 0.726. The first-order valence-corrected chi connectivity index (χ1v) is 10.7. The van der Waals surface area contributed by atoms with E-state index in [1.165, 1.54) is 12.1 Å². The van der Waals surface area contributed by atoms with E-state index in [2.05, 4.69) is 15.6 Å². The third-order valence-electron chi connectivity index (χ3n) is 4.46. The average Bonchev–Trinajstić information content (AvgIpc) is 2.67. The van der Waals surface area contributed by atoms with Gasteiger partial charge in [0.05, 0.1) is 4.90 Å². The number of sulfone groups is 1. The average molecular weight is 389 g/mol. The lowest BCUT2D eigenvalue weighted by molar-refractivity contribution is -0.125. The van der Waals surface area contributed by atoms with Gasteiger partial charge in [0.15, 0.2) is 9.84 Å². The number of hydrogen-bond acceptors (Lipinski definition) is 6. The van der Waals surface area contributed by atoms with E-state index >= 15 is 0 Å². The number of pyridine rings is 1. The lowest BCUT2D eigenvalue weighted by atomic mass is 9.97. The van der Waals surface area contributed by atoms with Crippen LogP contribution in [0.4, 0.5) is 0 Å². The highest BCUT2D eigenvalue weighted by molar-refractivity contribution is 7.90. The number of aromatic nitrogens is 1. The van der Waals surface area contributed by atoms with Gasteiger partial charge in [0.2, 0.25) is 11.8 Å². The van der Waals surface area contributed by atoms with E-state index in [9.17, 15) is 13.2 Å². The number of carbonyl (C=O) groups excluding carboxylic acids is 1. The van der Waals surface area contributed by atoms with Crippen molar-refractivity contribution >= 4 is 15.7 Å². The van der Waals surface area contributed by atoms with Crippen molar-refractivity contribution in [1.29, 1.82) is 0 Å². The summed E-state index contributed by atoms with van der Waals surface area (Å²) in [5.74, 6) is 0.778. The van der Waals surface area contributed by atoms with Crippen LogP contribution in [-0.4, -0.2) is 38.7 Å². The molecule has 0 aliphatic carbocycles. The van der Waals surface area contributed by atoms with E-state index in [0.717, 1.165) is 37.8 Å². The van der Waals surface area contributed by atoms with Gasteiger partial charge in [0.25, 0.3) is 0 Å². The number of hydrogen-bond donors (Lipinski definition) is 2. The molecular weight excluding hydrogens is 366 g/mol. The van der Waals surface area contributed by atoms with Gasteiger partial charge in [0, 0.05) is 30.5 Å². The van der Waals surface area contributed by atoms with Crippen molar-refractivity contribution < 1.29 is 17.9 Å². The van der Waals surface area contributed by atoms with Crippen LogP contribution in [0.2, 0.25) is 0 Å². The number of piperidine rings is 1. The van der Waals surface area contributed by atoms with Crippen molar-refractivity contribution in [3.63, 3.8) is 0 Å². The first kappa shape index (κ1) is 19.3. The van der Waals surface area contributed by atoms with E-state index in [1.54, 1.807) is 24.4 Å². The predicted molar refractivity (Wildman–Crippen MR) is 101 cm³/mol. The van der Waals surface area contributed by atoms with E-state index < -0.39 is 9.84 Å². The van der Waals surface area contributed by atoms with Gasteiger partial charge in [-0.1, -0.05) is 12.1 Å². The molecule has 3 rings (SSSR count). The van der Waals surface area contributed by atoms with Gasteiger partial charge in [-0.25, -0.2) is 13.4 Å². The van der Waals surface area contributed by atoms with Crippen LogP contribution in [0.5, 0.6) is 11.6 Å². The summed E-state index contributed by atoms with van der Waals surface area (Å²) in [4.78, 5) is 16.7. The first-order valence-electron chi connectivity index (χ1n) is 8.84. The Labute approximate surface area is 159 Å². The highest BCUT2D eigenvalue weighted by Crippen LogP contribution is 2.25. The van der Waals surface area contributed by atoms with Crippen LogP contribution in [0.25, 0.3) is 0 Å². The Morgan fingerprint density at radius 1 is 1.26 bits per heavy atom. The summed E-state index contributed by atoms with van der Waals surface area (Å²) in [6, 6.07) is 9.85. The fourth-order valence-corrected chi connectivity index (χ4v) is 3.60. The number of ether oxygens (including phenoxy) is 1. The molecule has 8 heteroatoms. The molecule has 1 aromatic carbocycles. The molecule has 0 spiro atoms. The Kier molecular flexibility index (Phi) is 6.08. The molecule has 1 amide bonds. The van der Waals surface area contributed by atoms with Crippen LogP contribution in [0.3, 0.4) is 0 Å². The molecule has 0 radical (unpaired) electrons. The standard InChI is InChI=1S/C19H23N3O4S/c1-27(24,25)17-6-2-5-16(12-17)26-19-15(4-3-9-21-19)13-22-18(23)14-7-10-20-11-8-14/h2-6,9,12,14,20H,7-8,10-11,13H2,1H3,(H,22,23). The molecule has 27 heavy (non-hydrogen) atoms. The molecular formula is C19H23N3O4S. The second kappa shape index (κ2) is 8.49. The molecule has 0 saturated carbocycles. The number of amides is 1. The number of nitrogens with zero attached hydrogens (tertiary/aromatic N) is 1. The van der Waals surface area contributed by atoms with Gasteiger partial charge in [-0.05, 0) is 50.2 Å². The third kappa shape index (κ3) is 5.27. The summed E-state index contributed by atoms with van der Waals surface area (Å²) in [6.07, 6.45) is 4.41. The second-order valence-electron chi connectivity index (χ2n) is 6.56. The third-order valence-corrected chi connectivity index (χ3v) is 5.57. The van der Waals surface area contributed by atoms with Crippen LogP contribution in [-0.2, 0) is 21.2 Å². The molecule has 2 heterocycles. The van der Waals surface area contributed by atoms with Crippen LogP contribution in [0.15, 0.2) is 47.5 Å². The smallest absolute Gasteiger partial charge is 0.224 e. The lowest BCUT2D eigenvalue weighted by Gasteiger charge is -2.22. The summed E-state index contributed by atoms with van der Waals surface area (Å²) >= 11 is 0. The number of rotatable bonds is 6. The maximum absolute atomic E-state index is 12.3. The lowest BCUT2D eigenvalue weighted by Crippen LogP contribution is -2.37. The van der Waals surface area contributed by atoms with Crippen molar-refractivity contribution in [3.05, 3.63) is 48.2 Å². The van der Waals surface area contributed by atoms with Gasteiger partial charge in [-0.3, -0.25) is 4.79 Å². The maximum atomic E-state index is 12.3.